The maximum absolute atomic E-state index is 11.9. The summed E-state index contributed by atoms with van der Waals surface area (Å²) in [4.78, 5) is 28.1. The van der Waals surface area contributed by atoms with Gasteiger partial charge < -0.3 is 5.11 Å². The van der Waals surface area contributed by atoms with Crippen molar-refractivity contribution >= 4 is 34.9 Å². The Bertz CT molecular complexity index is 631. The molecule has 0 spiro atoms. The third kappa shape index (κ3) is 1.67. The lowest BCUT2D eigenvalue weighted by molar-refractivity contribution is -0.130. The summed E-state index contributed by atoms with van der Waals surface area (Å²) in [6, 6.07) is 7.62. The van der Waals surface area contributed by atoms with Gasteiger partial charge in [-0.15, -0.1) is 11.8 Å². The van der Waals surface area contributed by atoms with E-state index in [-0.39, 0.29) is 17.9 Å². The van der Waals surface area contributed by atoms with Crippen molar-refractivity contribution in [1.29, 1.82) is 0 Å². The van der Waals surface area contributed by atoms with Crippen LogP contribution in [0.2, 0.25) is 0 Å². The zero-order valence-corrected chi connectivity index (χ0v) is 10.2. The number of ketones is 1. The number of Topliss-reactive ketones (excluding diaryl/α,β-unsaturated/α-hetero) is 1. The van der Waals surface area contributed by atoms with Crippen LogP contribution in [0.3, 0.4) is 0 Å². The Kier molecular flexibility index (Phi) is 2.56. The summed E-state index contributed by atoms with van der Waals surface area (Å²) in [5.41, 5.74) is 1.97. The first-order valence-electron chi connectivity index (χ1n) is 5.46. The minimum absolute atomic E-state index is 0.0690. The first-order valence-corrected chi connectivity index (χ1v) is 6.45. The van der Waals surface area contributed by atoms with Crippen LogP contribution in [-0.4, -0.2) is 28.3 Å². The number of carboxylic acids is 1. The predicted octanol–water partition coefficient (Wildman–Crippen LogP) is 2.00. The fraction of sp³-hybridized carbons (Fsp3) is 0.154. The molecule has 0 bridgehead atoms. The van der Waals surface area contributed by atoms with Crippen LogP contribution in [0.4, 0.5) is 0 Å². The third-order valence-electron chi connectivity index (χ3n) is 2.96. The number of hydrogen-bond acceptors (Lipinski definition) is 4. The largest absolute Gasteiger partial charge is 0.477 e. The van der Waals surface area contributed by atoms with E-state index in [1.165, 1.54) is 0 Å². The maximum Gasteiger partial charge on any atom is 0.350 e. The summed E-state index contributed by atoms with van der Waals surface area (Å²) in [6.07, 6.45) is -0.100. The molecule has 4 nitrogen and oxygen atoms in total. The average Bonchev–Trinajstić information content (AvgIpc) is 2.38. The van der Waals surface area contributed by atoms with Crippen molar-refractivity contribution in [2.45, 2.75) is 11.3 Å². The Morgan fingerprint density at radius 3 is 2.89 bits per heavy atom. The smallest absolute Gasteiger partial charge is 0.350 e. The number of thioether (sulfide) groups is 1. The molecule has 0 saturated carbocycles. The van der Waals surface area contributed by atoms with Crippen LogP contribution in [0, 0.1) is 0 Å². The molecule has 2 aliphatic rings. The summed E-state index contributed by atoms with van der Waals surface area (Å²) in [7, 11) is 0. The van der Waals surface area contributed by atoms with Gasteiger partial charge in [-0.3, -0.25) is 4.79 Å². The molecule has 0 amide bonds. The standard InChI is InChI=1S/C13H9NO3S/c15-10-5-9(13(16)17)14-12-7-3-1-2-4-11(7)18-6-8(10)12/h1-4H,5-6H2,(H,16,17). The summed E-state index contributed by atoms with van der Waals surface area (Å²) in [5.74, 6) is -0.674. The molecule has 1 aromatic carbocycles. The second kappa shape index (κ2) is 4.10. The van der Waals surface area contributed by atoms with E-state index in [2.05, 4.69) is 4.99 Å². The number of aliphatic carboxylic acids is 1. The van der Waals surface area contributed by atoms with Gasteiger partial charge in [-0.25, -0.2) is 9.79 Å². The number of carbonyl (C=O) groups is 2. The highest BCUT2D eigenvalue weighted by molar-refractivity contribution is 7.99. The number of carboxylic acid groups (broad SMARTS) is 1. The highest BCUT2D eigenvalue weighted by Crippen LogP contribution is 2.39. The topological polar surface area (TPSA) is 66.7 Å². The number of fused-ring (bicyclic) bond motifs is 2. The van der Waals surface area contributed by atoms with Gasteiger partial charge in [0.25, 0.3) is 0 Å². The molecule has 18 heavy (non-hydrogen) atoms. The molecule has 0 radical (unpaired) electrons. The highest BCUT2D eigenvalue weighted by Gasteiger charge is 2.30. The Morgan fingerprint density at radius 1 is 1.33 bits per heavy atom. The van der Waals surface area contributed by atoms with Crippen LogP contribution in [-0.2, 0) is 9.59 Å². The van der Waals surface area contributed by atoms with E-state index in [9.17, 15) is 9.59 Å². The van der Waals surface area contributed by atoms with Crippen molar-refractivity contribution in [2.75, 3.05) is 5.75 Å². The van der Waals surface area contributed by atoms with Crippen LogP contribution in [0.5, 0.6) is 0 Å². The number of benzene rings is 1. The van der Waals surface area contributed by atoms with Crippen molar-refractivity contribution in [3.63, 3.8) is 0 Å². The van der Waals surface area contributed by atoms with E-state index < -0.39 is 5.97 Å². The Morgan fingerprint density at radius 2 is 2.11 bits per heavy atom. The maximum atomic E-state index is 11.9. The number of carbonyl (C=O) groups excluding carboxylic acids is 1. The van der Waals surface area contributed by atoms with Crippen LogP contribution < -0.4 is 0 Å². The zero-order valence-electron chi connectivity index (χ0n) is 9.34. The van der Waals surface area contributed by atoms with Crippen molar-refractivity contribution in [1.82, 2.24) is 0 Å². The molecule has 1 aromatic rings. The van der Waals surface area contributed by atoms with E-state index in [0.29, 0.717) is 17.0 Å². The Balaban J connectivity index is 2.20. The SMILES string of the molecule is O=C(O)C1=NC2=C(CSc3ccccc32)C(=O)C1. The lowest BCUT2D eigenvalue weighted by Crippen LogP contribution is -2.25. The molecule has 90 valence electrons. The van der Waals surface area contributed by atoms with E-state index in [1.807, 2.05) is 24.3 Å². The molecule has 3 rings (SSSR count). The van der Waals surface area contributed by atoms with Gasteiger partial charge in [0.1, 0.15) is 5.71 Å². The van der Waals surface area contributed by atoms with Crippen molar-refractivity contribution < 1.29 is 14.7 Å². The Hall–Kier alpha value is -1.88. The quantitative estimate of drug-likeness (QED) is 0.837. The summed E-state index contributed by atoms with van der Waals surface area (Å²) >= 11 is 1.59. The fourth-order valence-corrected chi connectivity index (χ4v) is 3.16. The van der Waals surface area contributed by atoms with Gasteiger partial charge in [0.2, 0.25) is 0 Å². The lowest BCUT2D eigenvalue weighted by Gasteiger charge is -2.22. The molecule has 0 atom stereocenters. The van der Waals surface area contributed by atoms with Crippen LogP contribution in [0.1, 0.15) is 12.0 Å². The molecule has 0 unspecified atom stereocenters. The number of rotatable bonds is 1. The van der Waals surface area contributed by atoms with Crippen LogP contribution in [0.15, 0.2) is 39.7 Å². The molecule has 5 heteroatoms. The number of nitrogens with zero attached hydrogens (tertiary/aromatic N) is 1. The molecule has 0 saturated heterocycles. The lowest BCUT2D eigenvalue weighted by atomic mass is 9.97. The van der Waals surface area contributed by atoms with E-state index >= 15 is 0 Å². The van der Waals surface area contributed by atoms with Gasteiger partial charge in [-0.05, 0) is 6.07 Å². The van der Waals surface area contributed by atoms with Gasteiger partial charge in [0.05, 0.1) is 12.1 Å². The average molecular weight is 259 g/mol. The van der Waals surface area contributed by atoms with E-state index in [0.717, 1.165) is 10.5 Å². The normalized spacial score (nSPS) is 18.0. The second-order valence-corrected chi connectivity index (χ2v) is 5.09. The first-order chi connectivity index (χ1) is 8.66. The van der Waals surface area contributed by atoms with Crippen molar-refractivity contribution in [2.24, 2.45) is 4.99 Å². The predicted molar refractivity (Wildman–Crippen MR) is 68.8 cm³/mol. The molecule has 0 aliphatic carbocycles. The van der Waals surface area contributed by atoms with Gasteiger partial charge in [-0.1, -0.05) is 18.2 Å². The molecular weight excluding hydrogens is 250 g/mol. The molecule has 0 fully saturated rings. The second-order valence-electron chi connectivity index (χ2n) is 4.08. The molecule has 2 heterocycles. The fourth-order valence-electron chi connectivity index (χ4n) is 2.07. The molecule has 1 N–H and O–H groups in total. The zero-order chi connectivity index (χ0) is 12.7. The molecule has 2 aliphatic heterocycles. The monoisotopic (exact) mass is 259 g/mol. The van der Waals surface area contributed by atoms with Crippen LogP contribution in [0.25, 0.3) is 5.70 Å². The summed E-state index contributed by atoms with van der Waals surface area (Å²) in [5, 5.41) is 8.98. The van der Waals surface area contributed by atoms with Crippen LogP contribution >= 0.6 is 11.8 Å². The first kappa shape index (κ1) is 11.2. The van der Waals surface area contributed by atoms with E-state index in [4.69, 9.17) is 5.11 Å². The number of aliphatic imine (C=N–C) groups is 1. The highest BCUT2D eigenvalue weighted by atomic mass is 32.2. The van der Waals surface area contributed by atoms with E-state index in [1.54, 1.807) is 11.8 Å². The van der Waals surface area contributed by atoms with Gasteiger partial charge in [-0.2, -0.15) is 0 Å². The minimum Gasteiger partial charge on any atom is -0.477 e. The van der Waals surface area contributed by atoms with Crippen molar-refractivity contribution in [3.05, 3.63) is 35.4 Å². The van der Waals surface area contributed by atoms with Gasteiger partial charge in [0, 0.05) is 21.8 Å². The minimum atomic E-state index is -1.12. The Labute approximate surface area is 107 Å². The van der Waals surface area contributed by atoms with Gasteiger partial charge in [0.15, 0.2) is 5.78 Å². The summed E-state index contributed by atoms with van der Waals surface area (Å²) in [6.45, 7) is 0. The number of hydrogen-bond donors (Lipinski definition) is 1. The van der Waals surface area contributed by atoms with Crippen molar-refractivity contribution in [3.8, 4) is 0 Å². The molecule has 0 aromatic heterocycles. The molecular formula is C13H9NO3S. The third-order valence-corrected chi connectivity index (χ3v) is 4.06. The van der Waals surface area contributed by atoms with Gasteiger partial charge >= 0.3 is 5.97 Å². The summed E-state index contributed by atoms with van der Waals surface area (Å²) < 4.78 is 0.